The topological polar surface area (TPSA) is 36.4 Å². The second-order valence-corrected chi connectivity index (χ2v) is 3.74. The van der Waals surface area contributed by atoms with E-state index in [9.17, 15) is 5.11 Å². The van der Waals surface area contributed by atoms with Gasteiger partial charge in [-0.15, -0.1) is 0 Å². The van der Waals surface area contributed by atoms with Crippen LogP contribution in [0.5, 0.6) is 0 Å². The van der Waals surface area contributed by atoms with Crippen molar-refractivity contribution in [3.05, 3.63) is 24.0 Å². The number of rotatable bonds is 5. The van der Waals surface area contributed by atoms with Gasteiger partial charge in [0.2, 0.25) is 0 Å². The highest BCUT2D eigenvalue weighted by Gasteiger charge is 2.13. The lowest BCUT2D eigenvalue weighted by Crippen LogP contribution is -2.31. The first kappa shape index (κ1) is 12.0. The van der Waals surface area contributed by atoms with Crippen LogP contribution in [0, 0.1) is 0 Å². The fraction of sp³-hybridized carbons (Fsp3) is 0.583. The van der Waals surface area contributed by atoms with Crippen LogP contribution in [-0.2, 0) is 6.61 Å². The summed E-state index contributed by atoms with van der Waals surface area (Å²) in [6.07, 6.45) is 5.75. The lowest BCUT2D eigenvalue weighted by molar-refractivity contribution is 0.281. The van der Waals surface area contributed by atoms with Gasteiger partial charge in [0.15, 0.2) is 0 Å². The van der Waals surface area contributed by atoms with E-state index in [0.29, 0.717) is 6.04 Å². The van der Waals surface area contributed by atoms with Crippen molar-refractivity contribution in [2.24, 2.45) is 0 Å². The molecule has 0 saturated heterocycles. The molecule has 0 aliphatic carbocycles. The molecule has 0 saturated carbocycles. The summed E-state index contributed by atoms with van der Waals surface area (Å²) in [5.41, 5.74) is 1.98. The Labute approximate surface area is 91.8 Å². The molecule has 3 heteroatoms. The van der Waals surface area contributed by atoms with Crippen LogP contribution in [0.2, 0.25) is 0 Å². The summed E-state index contributed by atoms with van der Waals surface area (Å²) in [5.74, 6) is 0. The van der Waals surface area contributed by atoms with Gasteiger partial charge < -0.3 is 10.0 Å². The average Bonchev–Trinajstić information content (AvgIpc) is 2.30. The zero-order valence-electron chi connectivity index (χ0n) is 9.77. The fourth-order valence-electron chi connectivity index (χ4n) is 1.90. The first-order valence-corrected chi connectivity index (χ1v) is 5.51. The van der Waals surface area contributed by atoms with Crippen molar-refractivity contribution in [2.75, 3.05) is 11.9 Å². The normalized spacial score (nSPS) is 10.7. The molecule has 0 fully saturated rings. The minimum Gasteiger partial charge on any atom is -0.392 e. The summed E-state index contributed by atoms with van der Waals surface area (Å²) in [6.45, 7) is 4.43. The van der Waals surface area contributed by atoms with Gasteiger partial charge in [-0.05, 0) is 18.9 Å². The van der Waals surface area contributed by atoms with E-state index in [4.69, 9.17) is 0 Å². The fourth-order valence-corrected chi connectivity index (χ4v) is 1.90. The van der Waals surface area contributed by atoms with Crippen LogP contribution in [0.25, 0.3) is 0 Å². The summed E-state index contributed by atoms with van der Waals surface area (Å²) in [4.78, 5) is 6.32. The number of hydrogen-bond donors (Lipinski definition) is 1. The Bertz CT molecular complexity index is 297. The van der Waals surface area contributed by atoms with Gasteiger partial charge in [0.25, 0.3) is 0 Å². The largest absolute Gasteiger partial charge is 0.392 e. The van der Waals surface area contributed by atoms with Gasteiger partial charge in [-0.1, -0.05) is 13.8 Å². The highest BCUT2D eigenvalue weighted by atomic mass is 16.3. The second-order valence-electron chi connectivity index (χ2n) is 3.74. The molecular formula is C12H20N2O. The van der Waals surface area contributed by atoms with Crippen molar-refractivity contribution in [3.8, 4) is 0 Å². The van der Waals surface area contributed by atoms with E-state index < -0.39 is 0 Å². The molecular weight excluding hydrogens is 188 g/mol. The lowest BCUT2D eigenvalue weighted by atomic mass is 10.1. The number of aromatic nitrogens is 1. The number of hydrogen-bond acceptors (Lipinski definition) is 3. The van der Waals surface area contributed by atoms with Crippen LogP contribution in [0.4, 0.5) is 5.69 Å². The van der Waals surface area contributed by atoms with E-state index in [1.165, 1.54) is 0 Å². The van der Waals surface area contributed by atoms with Crippen LogP contribution in [0.15, 0.2) is 18.5 Å². The third-order valence-electron chi connectivity index (χ3n) is 2.93. The molecule has 3 nitrogen and oxygen atoms in total. The number of aliphatic hydroxyl groups is 1. The first-order chi connectivity index (χ1) is 7.24. The van der Waals surface area contributed by atoms with Gasteiger partial charge in [0.1, 0.15) is 0 Å². The summed E-state index contributed by atoms with van der Waals surface area (Å²) < 4.78 is 0. The van der Waals surface area contributed by atoms with E-state index in [2.05, 4.69) is 30.8 Å². The Hall–Kier alpha value is -1.09. The summed E-state index contributed by atoms with van der Waals surface area (Å²) >= 11 is 0. The van der Waals surface area contributed by atoms with Crippen LogP contribution in [-0.4, -0.2) is 23.2 Å². The van der Waals surface area contributed by atoms with Gasteiger partial charge in [-0.25, -0.2) is 0 Å². The van der Waals surface area contributed by atoms with Crippen LogP contribution < -0.4 is 4.90 Å². The van der Waals surface area contributed by atoms with E-state index in [1.54, 1.807) is 6.20 Å². The zero-order valence-corrected chi connectivity index (χ0v) is 9.77. The van der Waals surface area contributed by atoms with E-state index in [1.807, 2.05) is 12.3 Å². The Morgan fingerprint density at radius 2 is 2.07 bits per heavy atom. The number of pyridine rings is 1. The number of aliphatic hydroxyl groups excluding tert-OH is 1. The van der Waals surface area contributed by atoms with Crippen molar-refractivity contribution < 1.29 is 5.11 Å². The highest BCUT2D eigenvalue weighted by molar-refractivity contribution is 5.51. The Balaban J connectivity index is 2.93. The van der Waals surface area contributed by atoms with Crippen molar-refractivity contribution in [1.29, 1.82) is 0 Å². The number of nitrogens with zero attached hydrogens (tertiary/aromatic N) is 2. The summed E-state index contributed by atoms with van der Waals surface area (Å²) in [6, 6.07) is 2.38. The van der Waals surface area contributed by atoms with Crippen LogP contribution >= 0.6 is 0 Å². The van der Waals surface area contributed by atoms with Gasteiger partial charge in [0.05, 0.1) is 18.5 Å². The van der Waals surface area contributed by atoms with Gasteiger partial charge in [-0.3, -0.25) is 4.98 Å². The molecule has 0 unspecified atom stereocenters. The molecule has 15 heavy (non-hydrogen) atoms. The summed E-state index contributed by atoms with van der Waals surface area (Å²) in [5, 5.41) is 9.24. The van der Waals surface area contributed by atoms with E-state index >= 15 is 0 Å². The molecule has 0 atom stereocenters. The maximum Gasteiger partial charge on any atom is 0.0703 e. The predicted molar refractivity (Wildman–Crippen MR) is 62.9 cm³/mol. The molecule has 0 bridgehead atoms. The van der Waals surface area contributed by atoms with Gasteiger partial charge in [-0.2, -0.15) is 0 Å². The molecule has 1 heterocycles. The van der Waals surface area contributed by atoms with Crippen LogP contribution in [0.1, 0.15) is 32.3 Å². The van der Waals surface area contributed by atoms with Gasteiger partial charge >= 0.3 is 0 Å². The molecule has 84 valence electrons. The third kappa shape index (κ3) is 2.69. The maximum absolute atomic E-state index is 9.24. The zero-order chi connectivity index (χ0) is 11.3. The van der Waals surface area contributed by atoms with Crippen molar-refractivity contribution in [2.45, 2.75) is 39.3 Å². The average molecular weight is 208 g/mol. The minimum absolute atomic E-state index is 0.0718. The first-order valence-electron chi connectivity index (χ1n) is 5.51. The molecule has 0 aromatic carbocycles. The Morgan fingerprint density at radius 1 is 1.40 bits per heavy atom. The molecule has 1 N–H and O–H groups in total. The molecule has 0 aliphatic heterocycles. The monoisotopic (exact) mass is 208 g/mol. The van der Waals surface area contributed by atoms with Crippen molar-refractivity contribution in [3.63, 3.8) is 0 Å². The quantitative estimate of drug-likeness (QED) is 0.806. The lowest BCUT2D eigenvalue weighted by Gasteiger charge is -2.29. The molecule has 1 aromatic heterocycles. The third-order valence-corrected chi connectivity index (χ3v) is 2.93. The summed E-state index contributed by atoms with van der Waals surface area (Å²) in [7, 11) is 2.06. The standard InChI is InChI=1S/C12H20N2O/c1-4-11(5-2)14(3)12-8-13-7-6-10(12)9-15/h6-8,11,15H,4-5,9H2,1-3H3. The van der Waals surface area contributed by atoms with Crippen molar-refractivity contribution >= 4 is 5.69 Å². The second kappa shape index (κ2) is 5.71. The van der Waals surface area contributed by atoms with E-state index in [0.717, 1.165) is 24.1 Å². The van der Waals surface area contributed by atoms with Crippen LogP contribution in [0.3, 0.4) is 0 Å². The molecule has 0 radical (unpaired) electrons. The predicted octanol–water partition coefficient (Wildman–Crippen LogP) is 2.20. The minimum atomic E-state index is 0.0718. The molecule has 1 rings (SSSR count). The molecule has 0 aliphatic rings. The molecule has 1 aromatic rings. The maximum atomic E-state index is 9.24. The molecule has 0 spiro atoms. The smallest absolute Gasteiger partial charge is 0.0703 e. The molecule has 0 amide bonds. The Morgan fingerprint density at radius 3 is 2.60 bits per heavy atom. The highest BCUT2D eigenvalue weighted by Crippen LogP contribution is 2.22. The Kier molecular flexibility index (Phi) is 4.56. The number of anilines is 1. The van der Waals surface area contributed by atoms with Crippen molar-refractivity contribution in [1.82, 2.24) is 4.98 Å². The van der Waals surface area contributed by atoms with Gasteiger partial charge in [0, 0.05) is 24.8 Å². The SMILES string of the molecule is CCC(CC)N(C)c1cnccc1CO. The van der Waals surface area contributed by atoms with E-state index in [-0.39, 0.29) is 6.61 Å².